The fourth-order valence-corrected chi connectivity index (χ4v) is 8.79. The SMILES string of the molecule is Cc1ccc(C)c(C2=C(c3cc(C)ccc3C)c3ccc(cc3)Oc3ccc(cc3)C(c3cc(C)ccc3C)=C(c3cc(C)ccc3C)c3ccc(cc3)Oc3ccc2cc3)c1. The van der Waals surface area contributed by atoms with Gasteiger partial charge in [0.2, 0.25) is 0 Å². The predicted molar refractivity (Wildman–Crippen MR) is 260 cm³/mol. The van der Waals surface area contributed by atoms with E-state index in [1.165, 1.54) is 89.1 Å². The third-order valence-electron chi connectivity index (χ3n) is 12.2. The summed E-state index contributed by atoms with van der Waals surface area (Å²) in [6.45, 7) is 17.5. The Morgan fingerprint density at radius 2 is 0.419 bits per heavy atom. The fourth-order valence-electron chi connectivity index (χ4n) is 8.79. The molecule has 0 unspecified atom stereocenters. The van der Waals surface area contributed by atoms with Crippen molar-refractivity contribution in [2.75, 3.05) is 0 Å². The molecule has 15 rings (SSSR count). The Balaban J connectivity index is 1.29. The molecule has 0 spiro atoms. The van der Waals surface area contributed by atoms with Gasteiger partial charge in [0.15, 0.2) is 0 Å². The zero-order valence-electron chi connectivity index (χ0n) is 37.0. The Kier molecular flexibility index (Phi) is 10.9. The maximum atomic E-state index is 6.65. The Hall–Kier alpha value is -7.16. The van der Waals surface area contributed by atoms with Gasteiger partial charge in [0.25, 0.3) is 0 Å². The highest BCUT2D eigenvalue weighted by atomic mass is 16.5. The molecule has 0 amide bonds. The highest BCUT2D eigenvalue weighted by molar-refractivity contribution is 6.07. The van der Waals surface area contributed by atoms with Gasteiger partial charge in [0, 0.05) is 0 Å². The molecule has 7 aliphatic rings. The van der Waals surface area contributed by atoms with Crippen LogP contribution in [0.1, 0.15) is 89.0 Å². The number of aryl methyl sites for hydroxylation is 8. The van der Waals surface area contributed by atoms with Gasteiger partial charge in [-0.3, -0.25) is 0 Å². The highest BCUT2D eigenvalue weighted by Crippen LogP contribution is 2.43. The largest absolute Gasteiger partial charge is 0.457 e. The molecule has 0 atom stereocenters. The second kappa shape index (κ2) is 16.7. The van der Waals surface area contributed by atoms with Crippen LogP contribution >= 0.6 is 0 Å². The zero-order valence-corrected chi connectivity index (χ0v) is 37.0. The van der Waals surface area contributed by atoms with Crippen LogP contribution in [0.25, 0.3) is 22.3 Å². The molecule has 8 bridgehead atoms. The molecule has 62 heavy (non-hydrogen) atoms. The molecule has 0 N–H and O–H groups in total. The fraction of sp³-hybridized carbons (Fsp3) is 0.133. The van der Waals surface area contributed by atoms with E-state index in [9.17, 15) is 0 Å². The number of ether oxygens (including phenoxy) is 2. The molecule has 2 heteroatoms. The number of benzene rings is 8. The molecule has 7 heterocycles. The molecule has 0 fully saturated rings. The zero-order chi connectivity index (χ0) is 43.1. The van der Waals surface area contributed by atoms with Gasteiger partial charge in [-0.25, -0.2) is 0 Å². The molecular formula is C60H52O2. The first-order valence-corrected chi connectivity index (χ1v) is 21.6. The summed E-state index contributed by atoms with van der Waals surface area (Å²) in [7, 11) is 0. The lowest BCUT2D eigenvalue weighted by Gasteiger charge is -2.22. The summed E-state index contributed by atoms with van der Waals surface area (Å²) < 4.78 is 13.3. The summed E-state index contributed by atoms with van der Waals surface area (Å²) in [5.41, 5.74) is 23.7. The van der Waals surface area contributed by atoms with E-state index in [1.54, 1.807) is 0 Å². The topological polar surface area (TPSA) is 18.5 Å². The van der Waals surface area contributed by atoms with Gasteiger partial charge in [-0.05, 0) is 193 Å². The van der Waals surface area contributed by atoms with Crippen molar-refractivity contribution in [2.24, 2.45) is 0 Å². The Labute approximate surface area is 367 Å². The minimum absolute atomic E-state index is 0.778. The molecule has 0 radical (unpaired) electrons. The lowest BCUT2D eigenvalue weighted by Crippen LogP contribution is -2.02. The highest BCUT2D eigenvalue weighted by Gasteiger charge is 2.22. The summed E-state index contributed by atoms with van der Waals surface area (Å²) in [5, 5.41) is 0. The van der Waals surface area contributed by atoms with E-state index in [-0.39, 0.29) is 0 Å². The molecule has 8 aromatic carbocycles. The van der Waals surface area contributed by atoms with Crippen molar-refractivity contribution >= 4 is 22.3 Å². The standard InChI is InChI=1S/C60H52O2/c1-37-9-13-41(5)53(33-37)57-45-17-25-49(26-18-45)61-51-29-21-47(22-30-51)59(55-35-39(3)11-15-43(55)7)60(56-36-40(4)12-16-44(56)8)48-23-31-52(32-24-48)62-50-27-19-46(20-28-50)58(57)54-34-38(2)10-14-42(54)6/h9-36H,1-8H3. The monoisotopic (exact) mass is 804 g/mol. The summed E-state index contributed by atoms with van der Waals surface area (Å²) >= 11 is 0. The Bertz CT molecular complexity index is 2620. The second-order valence-corrected chi connectivity index (χ2v) is 17.1. The normalized spacial score (nSPS) is 12.6. The summed E-state index contributed by atoms with van der Waals surface area (Å²) in [4.78, 5) is 0. The van der Waals surface area contributed by atoms with Gasteiger partial charge in [-0.2, -0.15) is 0 Å². The van der Waals surface area contributed by atoms with Crippen LogP contribution in [0.15, 0.2) is 170 Å². The van der Waals surface area contributed by atoms with E-state index in [1.807, 2.05) is 0 Å². The number of rotatable bonds is 4. The number of hydrogen-bond donors (Lipinski definition) is 0. The van der Waals surface area contributed by atoms with Crippen LogP contribution in [0.4, 0.5) is 0 Å². The molecular weight excluding hydrogens is 753 g/mol. The van der Waals surface area contributed by atoms with Gasteiger partial charge in [-0.1, -0.05) is 144 Å². The van der Waals surface area contributed by atoms with Gasteiger partial charge in [-0.15, -0.1) is 0 Å². The van der Waals surface area contributed by atoms with E-state index in [0.29, 0.717) is 0 Å². The van der Waals surface area contributed by atoms with Gasteiger partial charge in [0.1, 0.15) is 23.0 Å². The van der Waals surface area contributed by atoms with E-state index in [4.69, 9.17) is 9.47 Å². The average Bonchev–Trinajstić information content (AvgIpc) is 3.27. The Morgan fingerprint density at radius 1 is 0.226 bits per heavy atom. The molecule has 0 aromatic heterocycles. The molecule has 2 nitrogen and oxygen atoms in total. The van der Waals surface area contributed by atoms with Crippen molar-refractivity contribution in [3.63, 3.8) is 0 Å². The number of hydrogen-bond acceptors (Lipinski definition) is 2. The van der Waals surface area contributed by atoms with Crippen molar-refractivity contribution < 1.29 is 9.47 Å². The molecule has 7 aliphatic heterocycles. The van der Waals surface area contributed by atoms with Crippen LogP contribution in [0, 0.1) is 55.4 Å². The first kappa shape index (κ1) is 40.3. The van der Waals surface area contributed by atoms with Crippen molar-refractivity contribution in [3.05, 3.63) is 259 Å². The summed E-state index contributed by atoms with van der Waals surface area (Å²) in [6, 6.07) is 61.4. The maximum Gasteiger partial charge on any atom is 0.127 e. The molecule has 304 valence electrons. The molecule has 0 aliphatic carbocycles. The van der Waals surface area contributed by atoms with Gasteiger partial charge in [0.05, 0.1) is 0 Å². The quantitative estimate of drug-likeness (QED) is 0.176. The minimum atomic E-state index is 0.778. The molecule has 0 saturated heterocycles. The van der Waals surface area contributed by atoms with E-state index < -0.39 is 0 Å². The van der Waals surface area contributed by atoms with Crippen LogP contribution in [-0.4, -0.2) is 0 Å². The van der Waals surface area contributed by atoms with E-state index in [2.05, 4.69) is 225 Å². The summed E-state index contributed by atoms with van der Waals surface area (Å²) in [5.74, 6) is 3.11. The van der Waals surface area contributed by atoms with Crippen molar-refractivity contribution in [3.8, 4) is 23.0 Å². The first-order chi connectivity index (χ1) is 30.0. The third kappa shape index (κ3) is 8.05. The smallest absolute Gasteiger partial charge is 0.127 e. The van der Waals surface area contributed by atoms with Crippen molar-refractivity contribution in [1.82, 2.24) is 0 Å². The minimum Gasteiger partial charge on any atom is -0.457 e. The lowest BCUT2D eigenvalue weighted by atomic mass is 9.82. The molecule has 8 aromatic rings. The Morgan fingerprint density at radius 3 is 0.613 bits per heavy atom. The third-order valence-corrected chi connectivity index (χ3v) is 12.2. The average molecular weight is 805 g/mol. The first-order valence-electron chi connectivity index (χ1n) is 21.6. The lowest BCUT2D eigenvalue weighted by molar-refractivity contribution is 0.482. The van der Waals surface area contributed by atoms with Crippen molar-refractivity contribution in [1.29, 1.82) is 0 Å². The molecule has 0 saturated carbocycles. The second-order valence-electron chi connectivity index (χ2n) is 17.1. The van der Waals surface area contributed by atoms with Gasteiger partial charge >= 0.3 is 0 Å². The van der Waals surface area contributed by atoms with E-state index in [0.717, 1.165) is 45.3 Å². The summed E-state index contributed by atoms with van der Waals surface area (Å²) in [6.07, 6.45) is 0. The van der Waals surface area contributed by atoms with Crippen LogP contribution < -0.4 is 9.47 Å². The van der Waals surface area contributed by atoms with Crippen LogP contribution in [0.2, 0.25) is 0 Å². The van der Waals surface area contributed by atoms with Crippen molar-refractivity contribution in [2.45, 2.75) is 55.4 Å². The maximum absolute atomic E-state index is 6.65. The van der Waals surface area contributed by atoms with Crippen LogP contribution in [0.5, 0.6) is 23.0 Å². The van der Waals surface area contributed by atoms with Crippen LogP contribution in [0.3, 0.4) is 0 Å². The van der Waals surface area contributed by atoms with Crippen LogP contribution in [-0.2, 0) is 0 Å². The van der Waals surface area contributed by atoms with Gasteiger partial charge < -0.3 is 9.47 Å². The predicted octanol–water partition coefficient (Wildman–Crippen LogP) is 16.1. The van der Waals surface area contributed by atoms with E-state index >= 15 is 0 Å².